The number of benzene rings is 3. The predicted octanol–water partition coefficient (Wildman–Crippen LogP) is 4.67. The van der Waals surface area contributed by atoms with E-state index in [4.69, 9.17) is 0 Å². The third kappa shape index (κ3) is 8.04. The second-order valence-corrected chi connectivity index (χ2v) is 8.53. The fourth-order valence-corrected chi connectivity index (χ4v) is 3.75. The zero-order chi connectivity index (χ0) is 23.7. The largest absolute Gasteiger partial charge is 0.435 e. The molecule has 0 aliphatic heterocycles. The lowest BCUT2D eigenvalue weighted by atomic mass is 10.1. The van der Waals surface area contributed by atoms with Gasteiger partial charge in [-0.2, -0.15) is 8.78 Å². The monoisotopic (exact) mass is 472 g/mol. The summed E-state index contributed by atoms with van der Waals surface area (Å²) in [5, 5.41) is 3.84. The molecule has 0 aliphatic carbocycles. The fraction of sp³-hybridized carbons (Fsp3) is 0.125. The SMILES string of the molecule is O=C(NCCc1ccc(OC(F)F)cc1)c1ccc(NS(=O)(=O)/C=C/c2ccccc2)cc1. The van der Waals surface area contributed by atoms with E-state index in [-0.39, 0.29) is 11.7 Å². The van der Waals surface area contributed by atoms with Gasteiger partial charge in [0.1, 0.15) is 5.75 Å². The Hall–Kier alpha value is -3.72. The Balaban J connectivity index is 1.49. The lowest BCUT2D eigenvalue weighted by Gasteiger charge is -2.08. The number of rotatable bonds is 10. The molecule has 0 unspecified atom stereocenters. The number of amides is 1. The van der Waals surface area contributed by atoms with Crippen LogP contribution in [-0.2, 0) is 16.4 Å². The molecule has 3 rings (SSSR count). The lowest BCUT2D eigenvalue weighted by Crippen LogP contribution is -2.25. The molecule has 33 heavy (non-hydrogen) atoms. The molecule has 0 fully saturated rings. The smallest absolute Gasteiger partial charge is 0.387 e. The Kier molecular flexibility index (Phi) is 8.15. The van der Waals surface area contributed by atoms with Crippen molar-refractivity contribution in [3.05, 3.63) is 101 Å². The van der Waals surface area contributed by atoms with Crippen molar-refractivity contribution in [1.29, 1.82) is 0 Å². The maximum absolute atomic E-state index is 12.3. The minimum atomic E-state index is -3.70. The van der Waals surface area contributed by atoms with E-state index in [0.29, 0.717) is 24.2 Å². The van der Waals surface area contributed by atoms with Crippen LogP contribution in [0.4, 0.5) is 14.5 Å². The normalized spacial score (nSPS) is 11.5. The first kappa shape index (κ1) is 23.9. The Morgan fingerprint density at radius 3 is 2.24 bits per heavy atom. The first-order valence-corrected chi connectivity index (χ1v) is 11.5. The predicted molar refractivity (Wildman–Crippen MR) is 124 cm³/mol. The van der Waals surface area contributed by atoms with Gasteiger partial charge in [0, 0.05) is 17.8 Å². The number of ether oxygens (including phenoxy) is 1. The molecule has 0 saturated carbocycles. The van der Waals surface area contributed by atoms with Gasteiger partial charge in [-0.3, -0.25) is 9.52 Å². The number of carbonyl (C=O) groups excluding carboxylic acids is 1. The molecule has 0 bridgehead atoms. The molecular formula is C24H22F2N2O4S. The van der Waals surface area contributed by atoms with Crippen LogP contribution in [0.15, 0.2) is 84.3 Å². The Morgan fingerprint density at radius 2 is 1.61 bits per heavy atom. The molecule has 3 aromatic rings. The number of hydrogen-bond donors (Lipinski definition) is 2. The third-order valence-electron chi connectivity index (χ3n) is 4.49. The number of alkyl halides is 2. The molecule has 0 aliphatic rings. The number of nitrogens with one attached hydrogen (secondary N) is 2. The second-order valence-electron chi connectivity index (χ2n) is 6.97. The summed E-state index contributed by atoms with van der Waals surface area (Å²) >= 11 is 0. The van der Waals surface area contributed by atoms with Crippen molar-refractivity contribution in [2.45, 2.75) is 13.0 Å². The molecule has 6 nitrogen and oxygen atoms in total. The summed E-state index contributed by atoms with van der Waals surface area (Å²) < 4.78 is 55.5. The molecule has 0 radical (unpaired) electrons. The van der Waals surface area contributed by atoms with Crippen molar-refractivity contribution in [3.63, 3.8) is 0 Å². The number of halogens is 2. The second kappa shape index (κ2) is 11.2. The van der Waals surface area contributed by atoms with E-state index in [0.717, 1.165) is 16.5 Å². The van der Waals surface area contributed by atoms with E-state index in [2.05, 4.69) is 14.8 Å². The Labute approximate surface area is 191 Å². The highest BCUT2D eigenvalue weighted by atomic mass is 32.2. The van der Waals surface area contributed by atoms with Crippen LogP contribution in [0.5, 0.6) is 5.75 Å². The molecule has 172 valence electrons. The summed E-state index contributed by atoms with van der Waals surface area (Å²) in [7, 11) is -3.70. The highest BCUT2D eigenvalue weighted by molar-refractivity contribution is 7.95. The van der Waals surface area contributed by atoms with Crippen molar-refractivity contribution < 1.29 is 26.7 Å². The molecule has 1 amide bonds. The van der Waals surface area contributed by atoms with E-state index >= 15 is 0 Å². The van der Waals surface area contributed by atoms with Crippen LogP contribution in [0, 0.1) is 0 Å². The van der Waals surface area contributed by atoms with Crippen molar-refractivity contribution >= 4 is 27.7 Å². The van der Waals surface area contributed by atoms with Gasteiger partial charge in [-0.05, 0) is 60.0 Å². The van der Waals surface area contributed by atoms with E-state index in [9.17, 15) is 22.0 Å². The van der Waals surface area contributed by atoms with Gasteiger partial charge in [0.05, 0.1) is 5.41 Å². The minimum Gasteiger partial charge on any atom is -0.435 e. The van der Waals surface area contributed by atoms with Gasteiger partial charge in [-0.1, -0.05) is 42.5 Å². The van der Waals surface area contributed by atoms with E-state index < -0.39 is 16.6 Å². The first-order chi connectivity index (χ1) is 15.8. The fourth-order valence-electron chi connectivity index (χ4n) is 2.88. The molecule has 0 aromatic heterocycles. The quantitative estimate of drug-likeness (QED) is 0.449. The summed E-state index contributed by atoms with van der Waals surface area (Å²) in [6, 6.07) is 21.3. The molecule has 0 heterocycles. The summed E-state index contributed by atoms with van der Waals surface area (Å²) in [6.45, 7) is -2.53. The minimum absolute atomic E-state index is 0.0732. The van der Waals surface area contributed by atoms with Crippen molar-refractivity contribution in [1.82, 2.24) is 5.32 Å². The maximum atomic E-state index is 12.3. The lowest BCUT2D eigenvalue weighted by molar-refractivity contribution is -0.0498. The number of carbonyl (C=O) groups is 1. The van der Waals surface area contributed by atoms with Crippen LogP contribution in [0.2, 0.25) is 0 Å². The zero-order valence-corrected chi connectivity index (χ0v) is 18.3. The molecule has 0 spiro atoms. The summed E-state index contributed by atoms with van der Waals surface area (Å²) in [6.07, 6.45) is 2.00. The number of hydrogen-bond acceptors (Lipinski definition) is 4. The first-order valence-electron chi connectivity index (χ1n) is 9.99. The number of sulfonamides is 1. The third-order valence-corrected chi connectivity index (χ3v) is 5.51. The Bertz CT molecular complexity index is 1180. The van der Waals surface area contributed by atoms with Crippen molar-refractivity contribution in [2.24, 2.45) is 0 Å². The summed E-state index contributed by atoms with van der Waals surface area (Å²) in [5.41, 5.74) is 2.31. The topological polar surface area (TPSA) is 84.5 Å². The van der Waals surface area contributed by atoms with Gasteiger partial charge in [0.15, 0.2) is 0 Å². The average Bonchev–Trinajstić information content (AvgIpc) is 2.79. The van der Waals surface area contributed by atoms with Crippen molar-refractivity contribution in [3.8, 4) is 5.75 Å². The van der Waals surface area contributed by atoms with Crippen LogP contribution < -0.4 is 14.8 Å². The van der Waals surface area contributed by atoms with Crippen LogP contribution in [0.1, 0.15) is 21.5 Å². The van der Waals surface area contributed by atoms with Gasteiger partial charge in [0.25, 0.3) is 15.9 Å². The van der Waals surface area contributed by atoms with Gasteiger partial charge in [-0.25, -0.2) is 8.42 Å². The van der Waals surface area contributed by atoms with E-state index in [1.54, 1.807) is 24.3 Å². The van der Waals surface area contributed by atoms with Crippen LogP contribution in [0.3, 0.4) is 0 Å². The van der Waals surface area contributed by atoms with Crippen LogP contribution >= 0.6 is 0 Å². The van der Waals surface area contributed by atoms with Gasteiger partial charge in [0.2, 0.25) is 0 Å². The van der Waals surface area contributed by atoms with Crippen molar-refractivity contribution in [2.75, 3.05) is 11.3 Å². The molecular weight excluding hydrogens is 450 g/mol. The van der Waals surface area contributed by atoms with E-state index in [1.165, 1.54) is 42.5 Å². The molecule has 3 aromatic carbocycles. The zero-order valence-electron chi connectivity index (χ0n) is 17.4. The maximum Gasteiger partial charge on any atom is 0.387 e. The highest BCUT2D eigenvalue weighted by Crippen LogP contribution is 2.16. The molecule has 0 saturated heterocycles. The highest BCUT2D eigenvalue weighted by Gasteiger charge is 2.09. The molecule has 0 atom stereocenters. The number of anilines is 1. The average molecular weight is 473 g/mol. The summed E-state index contributed by atoms with van der Waals surface area (Å²) in [4.78, 5) is 12.3. The van der Waals surface area contributed by atoms with Crippen LogP contribution in [0.25, 0.3) is 6.08 Å². The van der Waals surface area contributed by atoms with E-state index in [1.807, 2.05) is 18.2 Å². The van der Waals surface area contributed by atoms with Gasteiger partial charge < -0.3 is 10.1 Å². The van der Waals surface area contributed by atoms with Crippen LogP contribution in [-0.4, -0.2) is 27.5 Å². The molecule has 9 heteroatoms. The Morgan fingerprint density at radius 1 is 0.939 bits per heavy atom. The van der Waals surface area contributed by atoms with Gasteiger partial charge >= 0.3 is 6.61 Å². The molecule has 2 N–H and O–H groups in total. The standard InChI is InChI=1S/C24H22F2N2O4S/c25-24(26)32-22-12-6-19(7-13-22)14-16-27-23(29)20-8-10-21(11-9-20)28-33(30,31)17-15-18-4-2-1-3-5-18/h1-13,15,17,24,28H,14,16H2,(H,27,29)/b17-15+. The summed E-state index contributed by atoms with van der Waals surface area (Å²) in [5.74, 6) is -0.241. The van der Waals surface area contributed by atoms with Gasteiger partial charge in [-0.15, -0.1) is 0 Å².